The van der Waals surface area contributed by atoms with Crippen LogP contribution in [0, 0.1) is 0 Å². The number of carbonyl (C=O) groups excluding carboxylic acids is 2. The van der Waals surface area contributed by atoms with Crippen molar-refractivity contribution >= 4 is 35.2 Å². The molecule has 1 aromatic rings. The second-order valence-electron chi connectivity index (χ2n) is 5.59. The number of ether oxygens (including phenoxy) is 1. The molecular formula is C17H22N2O5S. The molecule has 1 unspecified atom stereocenters. The van der Waals surface area contributed by atoms with Gasteiger partial charge >= 0.3 is 5.97 Å². The standard InChI is InChI=1S/C17H22N2O5S/c1-2-15(20)19-11-25-10-14(19)17(23)18-12-5-7-13(8-6-12)24-9-3-4-16(21)22/h5-8,14H,2-4,9-11H2,1H3,(H,18,23)(H,21,22). The summed E-state index contributed by atoms with van der Waals surface area (Å²) in [6, 6.07) is 6.44. The number of nitrogens with zero attached hydrogens (tertiary/aromatic N) is 1. The Bertz CT molecular complexity index is 620. The van der Waals surface area contributed by atoms with Gasteiger partial charge in [-0.05, 0) is 30.7 Å². The highest BCUT2D eigenvalue weighted by molar-refractivity contribution is 7.99. The molecule has 1 aliphatic rings. The highest BCUT2D eigenvalue weighted by atomic mass is 32.2. The molecular weight excluding hydrogens is 344 g/mol. The highest BCUT2D eigenvalue weighted by Crippen LogP contribution is 2.23. The molecule has 25 heavy (non-hydrogen) atoms. The Hall–Kier alpha value is -2.22. The molecule has 8 heteroatoms. The van der Waals surface area contributed by atoms with Crippen LogP contribution < -0.4 is 10.1 Å². The van der Waals surface area contributed by atoms with Crippen LogP contribution in [0.25, 0.3) is 0 Å². The van der Waals surface area contributed by atoms with Crippen LogP contribution in [0.1, 0.15) is 26.2 Å². The molecule has 0 bridgehead atoms. The van der Waals surface area contributed by atoms with E-state index in [-0.39, 0.29) is 18.2 Å². The molecule has 136 valence electrons. The van der Waals surface area contributed by atoms with E-state index in [9.17, 15) is 14.4 Å². The van der Waals surface area contributed by atoms with Gasteiger partial charge in [-0.25, -0.2) is 0 Å². The summed E-state index contributed by atoms with van der Waals surface area (Å²) in [5, 5.41) is 11.4. The molecule has 2 rings (SSSR count). The smallest absolute Gasteiger partial charge is 0.303 e. The van der Waals surface area contributed by atoms with Gasteiger partial charge in [-0.1, -0.05) is 6.92 Å². The number of carboxylic acids is 1. The lowest BCUT2D eigenvalue weighted by atomic mass is 10.2. The lowest BCUT2D eigenvalue weighted by Crippen LogP contribution is -2.44. The monoisotopic (exact) mass is 366 g/mol. The zero-order valence-electron chi connectivity index (χ0n) is 14.1. The summed E-state index contributed by atoms with van der Waals surface area (Å²) in [6.45, 7) is 2.11. The summed E-state index contributed by atoms with van der Waals surface area (Å²) in [6.07, 6.45) is 0.896. The van der Waals surface area contributed by atoms with Gasteiger partial charge in [-0.3, -0.25) is 14.4 Å². The molecule has 0 spiro atoms. The maximum Gasteiger partial charge on any atom is 0.303 e. The third-order valence-corrected chi connectivity index (χ3v) is 4.75. The average molecular weight is 366 g/mol. The van der Waals surface area contributed by atoms with Crippen molar-refractivity contribution in [3.63, 3.8) is 0 Å². The second kappa shape index (κ2) is 9.31. The summed E-state index contributed by atoms with van der Waals surface area (Å²) in [5.74, 6) is 0.707. The van der Waals surface area contributed by atoms with Gasteiger partial charge < -0.3 is 20.1 Å². The molecule has 0 aliphatic carbocycles. The first-order valence-electron chi connectivity index (χ1n) is 8.14. The lowest BCUT2D eigenvalue weighted by Gasteiger charge is -2.22. The molecule has 1 saturated heterocycles. The third-order valence-electron chi connectivity index (χ3n) is 3.73. The van der Waals surface area contributed by atoms with Crippen LogP contribution in [-0.2, 0) is 14.4 Å². The summed E-state index contributed by atoms with van der Waals surface area (Å²) < 4.78 is 5.45. The summed E-state index contributed by atoms with van der Waals surface area (Å²) in [7, 11) is 0. The van der Waals surface area contributed by atoms with Crippen molar-refractivity contribution < 1.29 is 24.2 Å². The van der Waals surface area contributed by atoms with Crippen molar-refractivity contribution in [1.82, 2.24) is 4.90 Å². The number of hydrogen-bond acceptors (Lipinski definition) is 5. The van der Waals surface area contributed by atoms with E-state index in [1.807, 2.05) is 0 Å². The molecule has 0 radical (unpaired) electrons. The zero-order valence-corrected chi connectivity index (χ0v) is 14.9. The first kappa shape index (κ1) is 19.1. The Kier molecular flexibility index (Phi) is 7.12. The van der Waals surface area contributed by atoms with Gasteiger partial charge in [0, 0.05) is 24.3 Å². The van der Waals surface area contributed by atoms with Gasteiger partial charge in [0.1, 0.15) is 11.8 Å². The zero-order chi connectivity index (χ0) is 18.2. The summed E-state index contributed by atoms with van der Waals surface area (Å²) >= 11 is 1.57. The minimum absolute atomic E-state index is 0.0183. The molecule has 7 nitrogen and oxygen atoms in total. The Morgan fingerprint density at radius 1 is 1.32 bits per heavy atom. The maximum atomic E-state index is 12.4. The highest BCUT2D eigenvalue weighted by Gasteiger charge is 2.33. The molecule has 0 aromatic heterocycles. The number of thioether (sulfide) groups is 1. The Labute approximate surface area is 150 Å². The first-order chi connectivity index (χ1) is 12.0. The quantitative estimate of drug-likeness (QED) is 0.685. The van der Waals surface area contributed by atoms with E-state index in [0.29, 0.717) is 42.5 Å². The SMILES string of the molecule is CCC(=O)N1CSCC1C(=O)Nc1ccc(OCCCC(=O)O)cc1. The van der Waals surface area contributed by atoms with Crippen molar-refractivity contribution in [2.45, 2.75) is 32.2 Å². The predicted molar refractivity (Wildman–Crippen MR) is 95.7 cm³/mol. The van der Waals surface area contributed by atoms with Crippen LogP contribution in [0.5, 0.6) is 5.75 Å². The maximum absolute atomic E-state index is 12.4. The molecule has 1 aliphatic heterocycles. The van der Waals surface area contributed by atoms with Gasteiger partial charge in [0.2, 0.25) is 11.8 Å². The Morgan fingerprint density at radius 3 is 2.68 bits per heavy atom. The number of carbonyl (C=O) groups is 3. The van der Waals surface area contributed by atoms with Crippen molar-refractivity contribution in [3.8, 4) is 5.75 Å². The number of carboxylic acid groups (broad SMARTS) is 1. The number of benzene rings is 1. The first-order valence-corrected chi connectivity index (χ1v) is 9.29. The van der Waals surface area contributed by atoms with Gasteiger partial charge in [0.25, 0.3) is 0 Å². The van der Waals surface area contributed by atoms with Crippen LogP contribution in [0.4, 0.5) is 5.69 Å². The molecule has 1 aromatic carbocycles. The molecule has 0 saturated carbocycles. The fraction of sp³-hybridized carbons (Fsp3) is 0.471. The number of rotatable bonds is 8. The van der Waals surface area contributed by atoms with Crippen LogP contribution >= 0.6 is 11.8 Å². The summed E-state index contributed by atoms with van der Waals surface area (Å²) in [5.41, 5.74) is 0.628. The number of aliphatic carboxylic acids is 1. The lowest BCUT2D eigenvalue weighted by molar-refractivity contribution is -0.137. The average Bonchev–Trinajstić information content (AvgIpc) is 3.09. The largest absolute Gasteiger partial charge is 0.494 e. The third kappa shape index (κ3) is 5.67. The van der Waals surface area contributed by atoms with Gasteiger partial charge in [-0.15, -0.1) is 11.8 Å². The molecule has 2 amide bonds. The summed E-state index contributed by atoms with van der Waals surface area (Å²) in [4.78, 5) is 36.3. The van der Waals surface area contributed by atoms with Gasteiger partial charge in [0.15, 0.2) is 0 Å². The van der Waals surface area contributed by atoms with Gasteiger partial charge in [0.05, 0.1) is 12.5 Å². The Balaban J connectivity index is 1.85. The van der Waals surface area contributed by atoms with E-state index < -0.39 is 12.0 Å². The van der Waals surface area contributed by atoms with E-state index in [1.165, 1.54) is 0 Å². The van der Waals surface area contributed by atoms with E-state index >= 15 is 0 Å². The van der Waals surface area contributed by atoms with E-state index in [4.69, 9.17) is 9.84 Å². The van der Waals surface area contributed by atoms with Crippen molar-refractivity contribution in [3.05, 3.63) is 24.3 Å². The number of amides is 2. The fourth-order valence-electron chi connectivity index (χ4n) is 2.38. The topological polar surface area (TPSA) is 95.9 Å². The molecule has 2 N–H and O–H groups in total. The number of anilines is 1. The van der Waals surface area contributed by atoms with E-state index in [1.54, 1.807) is 47.9 Å². The molecule has 1 heterocycles. The van der Waals surface area contributed by atoms with Crippen molar-refractivity contribution in [2.24, 2.45) is 0 Å². The minimum Gasteiger partial charge on any atom is -0.494 e. The number of hydrogen-bond donors (Lipinski definition) is 2. The van der Waals surface area contributed by atoms with Crippen LogP contribution in [0.3, 0.4) is 0 Å². The predicted octanol–water partition coefficient (Wildman–Crippen LogP) is 2.18. The van der Waals surface area contributed by atoms with Crippen molar-refractivity contribution in [1.29, 1.82) is 0 Å². The van der Waals surface area contributed by atoms with E-state index in [0.717, 1.165) is 0 Å². The fourth-order valence-corrected chi connectivity index (χ4v) is 3.56. The van der Waals surface area contributed by atoms with Gasteiger partial charge in [-0.2, -0.15) is 0 Å². The van der Waals surface area contributed by atoms with Crippen LogP contribution in [0.15, 0.2) is 24.3 Å². The van der Waals surface area contributed by atoms with Crippen molar-refractivity contribution in [2.75, 3.05) is 23.6 Å². The molecule has 1 atom stereocenters. The second-order valence-corrected chi connectivity index (χ2v) is 6.59. The number of nitrogens with one attached hydrogen (secondary N) is 1. The van der Waals surface area contributed by atoms with E-state index in [2.05, 4.69) is 5.32 Å². The Morgan fingerprint density at radius 2 is 2.04 bits per heavy atom. The normalized spacial score (nSPS) is 16.5. The van der Waals surface area contributed by atoms with Crippen LogP contribution in [0.2, 0.25) is 0 Å². The van der Waals surface area contributed by atoms with Crippen LogP contribution in [-0.4, -0.2) is 52.1 Å². The molecule has 1 fully saturated rings. The minimum atomic E-state index is -0.845.